The maximum Gasteiger partial charge on any atom is 0.342 e. The third kappa shape index (κ3) is 7.83. The fourth-order valence-corrected chi connectivity index (χ4v) is 4.80. The molecule has 0 aliphatic rings. The second-order valence-electron chi connectivity index (χ2n) is 10.2. The van der Waals surface area contributed by atoms with E-state index >= 15 is 0 Å². The summed E-state index contributed by atoms with van der Waals surface area (Å²) < 4.78 is 32.6. The zero-order chi connectivity index (χ0) is 33.3. The van der Waals surface area contributed by atoms with Crippen LogP contribution in [0.4, 0.5) is 11.4 Å². The van der Waals surface area contributed by atoms with Crippen LogP contribution >= 0.6 is 0 Å². The van der Waals surface area contributed by atoms with Crippen LogP contribution in [0.5, 0.6) is 11.5 Å². The zero-order valence-electron chi connectivity index (χ0n) is 27.3. The van der Waals surface area contributed by atoms with E-state index in [2.05, 4.69) is 4.98 Å². The van der Waals surface area contributed by atoms with Crippen LogP contribution in [-0.2, 0) is 32.5 Å². The molecule has 0 aliphatic carbocycles. The molecule has 1 heterocycles. The number of nitrogen functional groups attached to an aromatic ring is 1. The molecule has 0 fully saturated rings. The molecule has 12 nitrogen and oxygen atoms in total. The Kier molecular flexibility index (Phi) is 12.2. The van der Waals surface area contributed by atoms with Gasteiger partial charge >= 0.3 is 11.9 Å². The van der Waals surface area contributed by atoms with Gasteiger partial charge < -0.3 is 43.6 Å². The van der Waals surface area contributed by atoms with Gasteiger partial charge in [-0.05, 0) is 37.5 Å². The molecule has 2 N–H and O–H groups in total. The van der Waals surface area contributed by atoms with Crippen LogP contribution in [0, 0.1) is 20.8 Å². The molecule has 242 valence electrons. The Bertz CT molecular complexity index is 1640. The summed E-state index contributed by atoms with van der Waals surface area (Å²) in [5.74, 6) is 0.746. The summed E-state index contributed by atoms with van der Waals surface area (Å²) >= 11 is 0. The van der Waals surface area contributed by atoms with Crippen molar-refractivity contribution < 1.29 is 38.0 Å². The van der Waals surface area contributed by atoms with Crippen molar-refractivity contribution in [2.45, 2.75) is 27.3 Å². The van der Waals surface area contributed by atoms with Crippen LogP contribution in [0.15, 0.2) is 42.5 Å². The number of imidazole rings is 1. The van der Waals surface area contributed by atoms with E-state index in [0.29, 0.717) is 40.4 Å². The van der Waals surface area contributed by atoms with E-state index in [1.165, 1.54) is 28.4 Å². The summed E-state index contributed by atoms with van der Waals surface area (Å²) in [4.78, 5) is 30.6. The number of fused-ring (bicyclic) bond motifs is 1. The molecule has 0 saturated carbocycles. The van der Waals surface area contributed by atoms with E-state index in [4.69, 9.17) is 34.2 Å². The molecular formula is C33H42N4O8. The van der Waals surface area contributed by atoms with Crippen molar-refractivity contribution in [3.05, 3.63) is 76.1 Å². The van der Waals surface area contributed by atoms with Gasteiger partial charge in [0, 0.05) is 47.0 Å². The predicted octanol–water partition coefficient (Wildman–Crippen LogP) is 4.94. The van der Waals surface area contributed by atoms with Gasteiger partial charge in [-0.15, -0.1) is 0 Å². The largest absolute Gasteiger partial charge is 0.467 e. The Hall–Kier alpha value is -4.81. The number of hydrogen-bond acceptors (Lipinski definition) is 11. The van der Waals surface area contributed by atoms with Crippen LogP contribution in [0.3, 0.4) is 0 Å². The monoisotopic (exact) mass is 622 g/mol. The Morgan fingerprint density at radius 2 is 1.38 bits per heavy atom. The van der Waals surface area contributed by atoms with Gasteiger partial charge in [0.25, 0.3) is 0 Å². The fraction of sp³-hybridized carbons (Fsp3) is 0.364. The highest BCUT2D eigenvalue weighted by atomic mass is 16.7. The molecule has 4 rings (SSSR count). The molecule has 4 aromatic rings. The van der Waals surface area contributed by atoms with Gasteiger partial charge in [0.2, 0.25) is 0 Å². The number of carbonyl (C=O) groups is 2. The topological polar surface area (TPSA) is 137 Å². The van der Waals surface area contributed by atoms with E-state index in [1.807, 2.05) is 67.7 Å². The van der Waals surface area contributed by atoms with Crippen molar-refractivity contribution >= 4 is 34.3 Å². The SMILES string of the molecule is COCOc1cc(N(C)Cc2ccccc2)c(N)c(C)c1C(=O)OC.COCOc1cc2c(nc(C)n2C)c(C)c1C(=O)OC. The van der Waals surface area contributed by atoms with E-state index in [0.717, 1.165) is 33.7 Å². The minimum absolute atomic E-state index is 0.0230. The highest BCUT2D eigenvalue weighted by Gasteiger charge is 2.24. The van der Waals surface area contributed by atoms with Crippen LogP contribution in [0.25, 0.3) is 11.0 Å². The number of aryl methyl sites for hydroxylation is 3. The van der Waals surface area contributed by atoms with Gasteiger partial charge in [0.1, 0.15) is 28.5 Å². The first-order chi connectivity index (χ1) is 21.5. The number of methoxy groups -OCH3 is 4. The Labute approximate surface area is 263 Å². The van der Waals surface area contributed by atoms with Gasteiger partial charge in [-0.2, -0.15) is 0 Å². The number of nitrogens with zero attached hydrogens (tertiary/aromatic N) is 3. The van der Waals surface area contributed by atoms with E-state index in [9.17, 15) is 9.59 Å². The third-order valence-corrected chi connectivity index (χ3v) is 7.29. The Morgan fingerprint density at radius 3 is 1.91 bits per heavy atom. The Balaban J connectivity index is 0.000000251. The molecule has 0 spiro atoms. The van der Waals surface area contributed by atoms with Gasteiger partial charge in [0.15, 0.2) is 13.6 Å². The first kappa shape index (κ1) is 34.7. The lowest BCUT2D eigenvalue weighted by Gasteiger charge is -2.24. The molecule has 0 bridgehead atoms. The van der Waals surface area contributed by atoms with Crippen molar-refractivity contribution in [3.8, 4) is 11.5 Å². The van der Waals surface area contributed by atoms with Gasteiger partial charge in [-0.3, -0.25) is 0 Å². The molecule has 0 saturated heterocycles. The molecule has 0 atom stereocenters. The van der Waals surface area contributed by atoms with Gasteiger partial charge in [-0.1, -0.05) is 30.3 Å². The number of benzene rings is 3. The lowest BCUT2D eigenvalue weighted by atomic mass is 10.0. The minimum atomic E-state index is -0.493. The van der Waals surface area contributed by atoms with Crippen molar-refractivity contribution in [1.82, 2.24) is 9.55 Å². The number of hydrogen-bond donors (Lipinski definition) is 1. The highest BCUT2D eigenvalue weighted by Crippen LogP contribution is 2.37. The smallest absolute Gasteiger partial charge is 0.342 e. The summed E-state index contributed by atoms with van der Waals surface area (Å²) in [6, 6.07) is 13.6. The zero-order valence-corrected chi connectivity index (χ0v) is 27.3. The van der Waals surface area contributed by atoms with Crippen LogP contribution in [-0.4, -0.2) is 70.6 Å². The van der Waals surface area contributed by atoms with E-state index in [1.54, 1.807) is 19.1 Å². The van der Waals surface area contributed by atoms with Crippen LogP contribution in [0.2, 0.25) is 0 Å². The molecule has 0 radical (unpaired) electrons. The molecule has 12 heteroatoms. The summed E-state index contributed by atoms with van der Waals surface area (Å²) in [5.41, 5.74) is 12.5. The molecule has 3 aromatic carbocycles. The van der Waals surface area contributed by atoms with Gasteiger partial charge in [0.05, 0.1) is 36.6 Å². The molecule has 1 aromatic heterocycles. The maximum atomic E-state index is 12.1. The summed E-state index contributed by atoms with van der Waals surface area (Å²) in [6.07, 6.45) is 0. The summed E-state index contributed by atoms with van der Waals surface area (Å²) in [7, 11) is 9.57. The number of ether oxygens (including phenoxy) is 6. The average molecular weight is 623 g/mol. The number of rotatable bonds is 11. The summed E-state index contributed by atoms with van der Waals surface area (Å²) in [6.45, 7) is 6.28. The lowest BCUT2D eigenvalue weighted by molar-refractivity contribution is 0.0458. The van der Waals surface area contributed by atoms with Crippen molar-refractivity contribution in [2.75, 3.05) is 59.7 Å². The maximum absolute atomic E-state index is 12.1. The Morgan fingerprint density at radius 1 is 0.844 bits per heavy atom. The summed E-state index contributed by atoms with van der Waals surface area (Å²) in [5, 5.41) is 0. The first-order valence-corrected chi connectivity index (χ1v) is 14.0. The molecule has 0 aliphatic heterocycles. The van der Waals surface area contributed by atoms with Crippen molar-refractivity contribution in [2.24, 2.45) is 7.05 Å². The number of nitrogens with two attached hydrogens (primary N) is 1. The number of aromatic nitrogens is 2. The van der Waals surface area contributed by atoms with Crippen LogP contribution in [0.1, 0.15) is 43.2 Å². The molecular weight excluding hydrogens is 580 g/mol. The van der Waals surface area contributed by atoms with Crippen molar-refractivity contribution in [3.63, 3.8) is 0 Å². The number of carbonyl (C=O) groups excluding carboxylic acids is 2. The normalized spacial score (nSPS) is 10.6. The molecule has 45 heavy (non-hydrogen) atoms. The van der Waals surface area contributed by atoms with Gasteiger partial charge in [-0.25, -0.2) is 14.6 Å². The fourth-order valence-electron chi connectivity index (χ4n) is 4.80. The average Bonchev–Trinajstić information content (AvgIpc) is 3.33. The second kappa shape index (κ2) is 15.8. The number of esters is 2. The first-order valence-electron chi connectivity index (χ1n) is 14.0. The molecule has 0 amide bonds. The standard InChI is InChI=1S/C19H24N2O4.C14H18N2O4/c1-13-17(19(22)24-4)16(25-12-23-3)10-15(18(13)20)21(2)11-14-8-6-5-7-9-14;1-8-12(14(17)19-5)11(20-7-18-4)6-10-13(8)15-9(2)16(10)3/h5-10H,11-12,20H2,1-4H3;6H,7H2,1-5H3. The quantitative estimate of drug-likeness (QED) is 0.138. The van der Waals surface area contributed by atoms with Crippen LogP contribution < -0.4 is 20.1 Å². The third-order valence-electron chi connectivity index (χ3n) is 7.29. The van der Waals surface area contributed by atoms with E-state index in [-0.39, 0.29) is 13.6 Å². The highest BCUT2D eigenvalue weighted by molar-refractivity contribution is 6.00. The second-order valence-corrected chi connectivity index (χ2v) is 10.2. The van der Waals surface area contributed by atoms with Crippen molar-refractivity contribution in [1.29, 1.82) is 0 Å². The number of anilines is 2. The predicted molar refractivity (Wildman–Crippen MR) is 172 cm³/mol. The van der Waals surface area contributed by atoms with E-state index < -0.39 is 11.9 Å². The minimum Gasteiger partial charge on any atom is -0.467 e. The lowest BCUT2D eigenvalue weighted by Crippen LogP contribution is -2.20. The molecule has 0 unspecified atom stereocenters.